The van der Waals surface area contributed by atoms with Crippen molar-refractivity contribution in [2.75, 3.05) is 5.32 Å². The molecule has 6 heteroatoms. The number of aromatic nitrogens is 2. The summed E-state index contributed by atoms with van der Waals surface area (Å²) in [5, 5.41) is 3.98. The highest BCUT2D eigenvalue weighted by molar-refractivity contribution is 6.19. The molecule has 0 aliphatic carbocycles. The van der Waals surface area contributed by atoms with Gasteiger partial charge in [0.15, 0.2) is 5.78 Å². The molecule has 5 nitrogen and oxygen atoms in total. The molecular formula is C21H14FN3O2. The number of benzene rings is 2. The molecule has 0 saturated heterocycles. The molecule has 4 rings (SSSR count). The van der Waals surface area contributed by atoms with Crippen molar-refractivity contribution >= 4 is 28.1 Å². The maximum atomic E-state index is 13.2. The zero-order valence-electron chi connectivity index (χ0n) is 14.1. The minimum absolute atomic E-state index is 0.255. The molecule has 0 aliphatic rings. The Morgan fingerprint density at radius 3 is 2.30 bits per heavy atom. The zero-order chi connectivity index (χ0) is 18.8. The first-order valence-electron chi connectivity index (χ1n) is 8.26. The van der Waals surface area contributed by atoms with E-state index in [2.05, 4.69) is 15.3 Å². The van der Waals surface area contributed by atoms with Crippen molar-refractivity contribution in [1.82, 2.24) is 9.97 Å². The average Bonchev–Trinajstić information content (AvgIpc) is 2.70. The number of hydrogen-bond donors (Lipinski definition) is 2. The van der Waals surface area contributed by atoms with Crippen LogP contribution in [0.1, 0.15) is 15.9 Å². The lowest BCUT2D eigenvalue weighted by atomic mass is 9.98. The zero-order valence-corrected chi connectivity index (χ0v) is 14.1. The molecule has 2 N–H and O–H groups in total. The van der Waals surface area contributed by atoms with E-state index >= 15 is 0 Å². The number of ketones is 1. The molecule has 2 aromatic carbocycles. The molecule has 0 aliphatic heterocycles. The van der Waals surface area contributed by atoms with E-state index in [1.807, 2.05) is 0 Å². The second kappa shape index (κ2) is 6.84. The Morgan fingerprint density at radius 1 is 0.926 bits per heavy atom. The van der Waals surface area contributed by atoms with Gasteiger partial charge in [0.25, 0.3) is 5.56 Å². The van der Waals surface area contributed by atoms with Gasteiger partial charge in [0.2, 0.25) is 0 Å². The third kappa shape index (κ3) is 3.20. The van der Waals surface area contributed by atoms with Crippen molar-refractivity contribution in [3.05, 3.63) is 100 Å². The van der Waals surface area contributed by atoms with E-state index in [-0.39, 0.29) is 23.0 Å². The van der Waals surface area contributed by atoms with Crippen LogP contribution in [0, 0.1) is 5.82 Å². The number of halogens is 1. The Bertz CT molecular complexity index is 1190. The number of anilines is 2. The van der Waals surface area contributed by atoms with Crippen LogP contribution in [0.4, 0.5) is 15.9 Å². The van der Waals surface area contributed by atoms with Crippen LogP contribution in [0.25, 0.3) is 10.8 Å². The Hall–Kier alpha value is -3.80. The van der Waals surface area contributed by atoms with Crippen molar-refractivity contribution < 1.29 is 9.18 Å². The minimum Gasteiger partial charge on any atom is -0.341 e. The van der Waals surface area contributed by atoms with Gasteiger partial charge in [0, 0.05) is 34.4 Å². The number of H-pyrrole nitrogens is 1. The molecule has 0 atom stereocenters. The Balaban J connectivity index is 1.93. The molecule has 0 fully saturated rings. The normalized spacial score (nSPS) is 10.7. The number of carbonyl (C=O) groups excluding carboxylic acids is 1. The number of aromatic amines is 1. The topological polar surface area (TPSA) is 74.8 Å². The first-order valence-corrected chi connectivity index (χ1v) is 8.26. The summed E-state index contributed by atoms with van der Waals surface area (Å²) in [6.45, 7) is 0. The van der Waals surface area contributed by atoms with Gasteiger partial charge < -0.3 is 10.3 Å². The number of hydrogen-bond acceptors (Lipinski definition) is 4. The molecular weight excluding hydrogens is 345 g/mol. The van der Waals surface area contributed by atoms with Gasteiger partial charge in [-0.25, -0.2) is 4.39 Å². The number of nitrogens with one attached hydrogen (secondary N) is 2. The van der Waals surface area contributed by atoms with Gasteiger partial charge in [-0.3, -0.25) is 14.6 Å². The summed E-state index contributed by atoms with van der Waals surface area (Å²) >= 11 is 0. The first-order chi connectivity index (χ1) is 13.1. The maximum Gasteiger partial charge on any atom is 0.257 e. The van der Waals surface area contributed by atoms with Crippen molar-refractivity contribution in [2.45, 2.75) is 0 Å². The van der Waals surface area contributed by atoms with E-state index in [1.54, 1.807) is 36.4 Å². The van der Waals surface area contributed by atoms with Gasteiger partial charge >= 0.3 is 0 Å². The smallest absolute Gasteiger partial charge is 0.257 e. The van der Waals surface area contributed by atoms with Crippen LogP contribution in [0.3, 0.4) is 0 Å². The van der Waals surface area contributed by atoms with Gasteiger partial charge in [0.05, 0.1) is 5.56 Å². The quantitative estimate of drug-likeness (QED) is 0.539. The first kappa shape index (κ1) is 16.7. The standard InChI is InChI=1S/C21H14FN3O2/c22-14-5-7-15(8-6-14)24-20-18(19(26)13-9-11-23-12-10-13)16-3-1-2-4-17(16)21(27)25-20/h1-12H,(H2,24,25,27). The second-order valence-corrected chi connectivity index (χ2v) is 5.95. The fraction of sp³-hybridized carbons (Fsp3) is 0. The third-order valence-corrected chi connectivity index (χ3v) is 4.21. The van der Waals surface area contributed by atoms with Crippen molar-refractivity contribution in [2.24, 2.45) is 0 Å². The molecule has 27 heavy (non-hydrogen) atoms. The SMILES string of the molecule is O=C(c1ccncc1)c1c(Nc2ccc(F)cc2)[nH]c(=O)c2ccccc12. The summed E-state index contributed by atoms with van der Waals surface area (Å²) in [4.78, 5) is 32.3. The molecule has 0 bridgehead atoms. The van der Waals surface area contributed by atoms with Gasteiger partial charge in [-0.1, -0.05) is 18.2 Å². The van der Waals surface area contributed by atoms with Crippen molar-refractivity contribution in [3.63, 3.8) is 0 Å². The largest absolute Gasteiger partial charge is 0.341 e. The van der Waals surface area contributed by atoms with Gasteiger partial charge in [-0.15, -0.1) is 0 Å². The maximum absolute atomic E-state index is 13.2. The van der Waals surface area contributed by atoms with Crippen molar-refractivity contribution in [1.29, 1.82) is 0 Å². The fourth-order valence-electron chi connectivity index (χ4n) is 2.93. The van der Waals surface area contributed by atoms with Crippen LogP contribution in [0.2, 0.25) is 0 Å². The van der Waals surface area contributed by atoms with E-state index in [0.29, 0.717) is 27.6 Å². The number of carbonyl (C=O) groups is 1. The Kier molecular flexibility index (Phi) is 4.22. The summed E-state index contributed by atoms with van der Waals surface area (Å²) in [6, 6.07) is 15.8. The minimum atomic E-state index is -0.374. The lowest BCUT2D eigenvalue weighted by molar-refractivity contribution is 0.104. The lowest BCUT2D eigenvalue weighted by Crippen LogP contribution is -2.16. The molecule has 4 aromatic rings. The highest BCUT2D eigenvalue weighted by atomic mass is 19.1. The molecule has 132 valence electrons. The Labute approximate surface area is 153 Å². The van der Waals surface area contributed by atoms with Crippen LogP contribution >= 0.6 is 0 Å². The number of nitrogens with zero attached hydrogens (tertiary/aromatic N) is 1. The number of fused-ring (bicyclic) bond motifs is 1. The van der Waals surface area contributed by atoms with Gasteiger partial charge in [-0.2, -0.15) is 0 Å². The van der Waals surface area contributed by atoms with E-state index < -0.39 is 0 Å². The van der Waals surface area contributed by atoms with Crippen LogP contribution in [0.15, 0.2) is 77.9 Å². The van der Waals surface area contributed by atoms with Gasteiger partial charge in [0.1, 0.15) is 11.6 Å². The summed E-state index contributed by atoms with van der Waals surface area (Å²) in [5.74, 6) is -0.373. The predicted octanol–water partition coefficient (Wildman–Crippen LogP) is 4.04. The van der Waals surface area contributed by atoms with E-state index in [9.17, 15) is 14.0 Å². The molecule has 2 heterocycles. The van der Waals surface area contributed by atoms with Gasteiger partial charge in [-0.05, 0) is 42.5 Å². The van der Waals surface area contributed by atoms with Crippen molar-refractivity contribution in [3.8, 4) is 0 Å². The lowest BCUT2D eigenvalue weighted by Gasteiger charge is -2.14. The molecule has 0 saturated carbocycles. The van der Waals surface area contributed by atoms with Crippen LogP contribution in [-0.4, -0.2) is 15.8 Å². The monoisotopic (exact) mass is 359 g/mol. The Morgan fingerprint density at radius 2 is 1.59 bits per heavy atom. The summed E-state index contributed by atoms with van der Waals surface area (Å²) in [6.07, 6.45) is 3.07. The molecule has 0 unspecified atom stereocenters. The highest BCUT2D eigenvalue weighted by Crippen LogP contribution is 2.27. The molecule has 0 spiro atoms. The van der Waals surface area contributed by atoms with E-state index in [0.717, 1.165) is 0 Å². The number of rotatable bonds is 4. The average molecular weight is 359 g/mol. The van der Waals surface area contributed by atoms with Crippen LogP contribution in [0.5, 0.6) is 0 Å². The third-order valence-electron chi connectivity index (χ3n) is 4.21. The van der Waals surface area contributed by atoms with Crippen LogP contribution < -0.4 is 10.9 Å². The predicted molar refractivity (Wildman–Crippen MR) is 102 cm³/mol. The van der Waals surface area contributed by atoms with Crippen LogP contribution in [-0.2, 0) is 0 Å². The summed E-state index contributed by atoms with van der Waals surface area (Å²) < 4.78 is 13.2. The number of pyridine rings is 2. The summed E-state index contributed by atoms with van der Waals surface area (Å²) in [5.41, 5.74) is 1.01. The molecule has 0 amide bonds. The molecule has 0 radical (unpaired) electrons. The molecule has 2 aromatic heterocycles. The van der Waals surface area contributed by atoms with E-state index in [4.69, 9.17) is 0 Å². The second-order valence-electron chi connectivity index (χ2n) is 5.95. The van der Waals surface area contributed by atoms with E-state index in [1.165, 1.54) is 36.7 Å². The highest BCUT2D eigenvalue weighted by Gasteiger charge is 2.19. The summed E-state index contributed by atoms with van der Waals surface area (Å²) in [7, 11) is 0. The fourth-order valence-corrected chi connectivity index (χ4v) is 2.93.